The summed E-state index contributed by atoms with van der Waals surface area (Å²) in [4.78, 5) is 23.8. The van der Waals surface area contributed by atoms with Gasteiger partial charge in [0.15, 0.2) is 0 Å². The third-order valence-electron chi connectivity index (χ3n) is 3.38. The predicted molar refractivity (Wildman–Crippen MR) is 71.9 cm³/mol. The first-order valence-corrected chi connectivity index (χ1v) is 7.52. The van der Waals surface area contributed by atoms with E-state index in [0.717, 1.165) is 9.91 Å². The number of hydrogen-bond donors (Lipinski definition) is 1. The minimum atomic E-state index is -4.86. The second kappa shape index (κ2) is 6.59. The van der Waals surface area contributed by atoms with Crippen molar-refractivity contribution >= 4 is 23.2 Å². The predicted octanol–water partition coefficient (Wildman–Crippen LogP) is 1.26. The molecule has 0 radical (unpaired) electrons. The lowest BCUT2D eigenvalue weighted by Gasteiger charge is -2.31. The molecule has 0 saturated carbocycles. The molecule has 1 saturated heterocycles. The number of piperidine rings is 1. The van der Waals surface area contributed by atoms with E-state index in [1.54, 1.807) is 6.92 Å². The zero-order valence-corrected chi connectivity index (χ0v) is 12.6. The highest BCUT2D eigenvalue weighted by molar-refractivity contribution is 7.11. The van der Waals surface area contributed by atoms with Crippen molar-refractivity contribution in [3.05, 3.63) is 10.0 Å². The SMILES string of the molecule is Cc1nnc(CNC(=O)C2CCN(C(=O)C(F)(F)F)CC2)s1. The highest BCUT2D eigenvalue weighted by Gasteiger charge is 2.43. The van der Waals surface area contributed by atoms with Gasteiger partial charge >= 0.3 is 12.1 Å². The molecule has 10 heteroatoms. The molecule has 2 amide bonds. The van der Waals surface area contributed by atoms with Gasteiger partial charge in [-0.1, -0.05) is 11.3 Å². The van der Waals surface area contributed by atoms with Crippen molar-refractivity contribution < 1.29 is 22.8 Å². The maximum atomic E-state index is 12.3. The molecule has 0 unspecified atom stereocenters. The van der Waals surface area contributed by atoms with Gasteiger partial charge in [-0.15, -0.1) is 10.2 Å². The molecule has 0 spiro atoms. The first-order chi connectivity index (χ1) is 10.3. The normalized spacial score (nSPS) is 16.6. The third-order valence-corrected chi connectivity index (χ3v) is 4.22. The summed E-state index contributed by atoms with van der Waals surface area (Å²) >= 11 is 1.37. The Labute approximate surface area is 128 Å². The molecule has 1 aliphatic rings. The summed E-state index contributed by atoms with van der Waals surface area (Å²) in [5.74, 6) is -2.45. The van der Waals surface area contributed by atoms with E-state index in [9.17, 15) is 22.8 Å². The highest BCUT2D eigenvalue weighted by Crippen LogP contribution is 2.24. The second-order valence-corrected chi connectivity index (χ2v) is 6.26. The Morgan fingerprint density at radius 3 is 2.45 bits per heavy atom. The average molecular weight is 336 g/mol. The average Bonchev–Trinajstić information content (AvgIpc) is 2.89. The number of likely N-dealkylation sites (tertiary alicyclic amines) is 1. The Bertz CT molecular complexity index is 553. The Kier molecular flexibility index (Phi) is 4.99. The van der Waals surface area contributed by atoms with E-state index in [2.05, 4.69) is 15.5 Å². The van der Waals surface area contributed by atoms with Gasteiger partial charge in [0.25, 0.3) is 0 Å². The smallest absolute Gasteiger partial charge is 0.349 e. The van der Waals surface area contributed by atoms with Gasteiger partial charge < -0.3 is 10.2 Å². The van der Waals surface area contributed by atoms with E-state index in [1.165, 1.54) is 11.3 Å². The zero-order valence-electron chi connectivity index (χ0n) is 11.8. The summed E-state index contributed by atoms with van der Waals surface area (Å²) in [6.07, 6.45) is -4.41. The highest BCUT2D eigenvalue weighted by atomic mass is 32.1. The molecular formula is C12H15F3N4O2S. The summed E-state index contributed by atoms with van der Waals surface area (Å²) < 4.78 is 37.0. The molecule has 1 aromatic heterocycles. The zero-order chi connectivity index (χ0) is 16.3. The summed E-state index contributed by atoms with van der Waals surface area (Å²) in [5, 5.41) is 11.9. The van der Waals surface area contributed by atoms with Gasteiger partial charge in [0, 0.05) is 19.0 Å². The molecule has 2 heterocycles. The van der Waals surface area contributed by atoms with Gasteiger partial charge in [0.05, 0.1) is 6.54 Å². The molecule has 1 aromatic rings. The lowest BCUT2D eigenvalue weighted by atomic mass is 9.96. The third kappa shape index (κ3) is 4.15. The van der Waals surface area contributed by atoms with Crippen molar-refractivity contribution in [3.8, 4) is 0 Å². The number of carbonyl (C=O) groups is 2. The minimum absolute atomic E-state index is 0.0612. The van der Waals surface area contributed by atoms with Gasteiger partial charge in [0.1, 0.15) is 10.0 Å². The van der Waals surface area contributed by atoms with Crippen molar-refractivity contribution in [3.63, 3.8) is 0 Å². The van der Waals surface area contributed by atoms with Crippen molar-refractivity contribution in [2.24, 2.45) is 5.92 Å². The standard InChI is InChI=1S/C12H15F3N4O2S/c1-7-17-18-9(22-7)6-16-10(20)8-2-4-19(5-3-8)11(21)12(13,14)15/h8H,2-6H2,1H3,(H,16,20). The molecule has 22 heavy (non-hydrogen) atoms. The van der Waals surface area contributed by atoms with Crippen molar-refractivity contribution in [1.82, 2.24) is 20.4 Å². The summed E-state index contributed by atoms with van der Waals surface area (Å²) in [6, 6.07) is 0. The van der Waals surface area contributed by atoms with Gasteiger partial charge in [0.2, 0.25) is 5.91 Å². The van der Waals surface area contributed by atoms with Crippen molar-refractivity contribution in [2.75, 3.05) is 13.1 Å². The number of nitrogens with one attached hydrogen (secondary N) is 1. The van der Waals surface area contributed by atoms with E-state index in [0.29, 0.717) is 5.01 Å². The van der Waals surface area contributed by atoms with E-state index < -0.39 is 12.1 Å². The number of halogens is 3. The van der Waals surface area contributed by atoms with Crippen molar-refractivity contribution in [1.29, 1.82) is 0 Å². The van der Waals surface area contributed by atoms with Crippen LogP contribution >= 0.6 is 11.3 Å². The topological polar surface area (TPSA) is 75.2 Å². The first-order valence-electron chi connectivity index (χ1n) is 6.70. The van der Waals surface area contributed by atoms with Crippen LogP contribution in [0.1, 0.15) is 22.9 Å². The van der Waals surface area contributed by atoms with Crippen LogP contribution in [0.25, 0.3) is 0 Å². The van der Waals surface area contributed by atoms with Crippen LogP contribution in [0.15, 0.2) is 0 Å². The summed E-state index contributed by atoms with van der Waals surface area (Å²) in [6.45, 7) is 1.94. The number of alkyl halides is 3. The van der Waals surface area contributed by atoms with Gasteiger partial charge in [-0.05, 0) is 19.8 Å². The van der Waals surface area contributed by atoms with Crippen LogP contribution in [-0.4, -0.2) is 46.2 Å². The van der Waals surface area contributed by atoms with Gasteiger partial charge in [-0.25, -0.2) is 0 Å². The fourth-order valence-electron chi connectivity index (χ4n) is 2.24. The molecule has 6 nitrogen and oxygen atoms in total. The van der Waals surface area contributed by atoms with E-state index in [-0.39, 0.29) is 44.3 Å². The Morgan fingerprint density at radius 2 is 1.95 bits per heavy atom. The molecule has 122 valence electrons. The van der Waals surface area contributed by atoms with Gasteiger partial charge in [-0.3, -0.25) is 9.59 Å². The Balaban J connectivity index is 1.79. The number of aromatic nitrogens is 2. The molecule has 0 aliphatic carbocycles. The van der Waals surface area contributed by atoms with Crippen LogP contribution in [0.4, 0.5) is 13.2 Å². The number of amides is 2. The quantitative estimate of drug-likeness (QED) is 0.902. The number of carbonyl (C=O) groups excluding carboxylic acids is 2. The van der Waals surface area contributed by atoms with Crippen LogP contribution in [0.5, 0.6) is 0 Å². The lowest BCUT2D eigenvalue weighted by molar-refractivity contribution is -0.186. The lowest BCUT2D eigenvalue weighted by Crippen LogP contribution is -2.47. The first kappa shape index (κ1) is 16.7. The fourth-order valence-corrected chi connectivity index (χ4v) is 2.89. The fraction of sp³-hybridized carbons (Fsp3) is 0.667. The molecule has 1 N–H and O–H groups in total. The van der Waals surface area contributed by atoms with E-state index >= 15 is 0 Å². The maximum absolute atomic E-state index is 12.3. The molecule has 1 fully saturated rings. The summed E-state index contributed by atoms with van der Waals surface area (Å²) in [7, 11) is 0. The largest absolute Gasteiger partial charge is 0.471 e. The molecule has 1 aliphatic heterocycles. The maximum Gasteiger partial charge on any atom is 0.471 e. The van der Waals surface area contributed by atoms with Crippen LogP contribution < -0.4 is 5.32 Å². The Morgan fingerprint density at radius 1 is 1.32 bits per heavy atom. The number of rotatable bonds is 3. The second-order valence-electron chi connectivity index (χ2n) is 5.00. The van der Waals surface area contributed by atoms with E-state index in [4.69, 9.17) is 0 Å². The molecule has 2 rings (SSSR count). The summed E-state index contributed by atoms with van der Waals surface area (Å²) in [5.41, 5.74) is 0. The van der Waals surface area contributed by atoms with Crippen LogP contribution in [0.3, 0.4) is 0 Å². The van der Waals surface area contributed by atoms with Crippen LogP contribution in [0.2, 0.25) is 0 Å². The molecular weight excluding hydrogens is 321 g/mol. The Hall–Kier alpha value is -1.71. The number of hydrogen-bond acceptors (Lipinski definition) is 5. The van der Waals surface area contributed by atoms with Crippen molar-refractivity contribution in [2.45, 2.75) is 32.5 Å². The molecule has 0 atom stereocenters. The van der Waals surface area contributed by atoms with Gasteiger partial charge in [-0.2, -0.15) is 13.2 Å². The number of nitrogens with zero attached hydrogens (tertiary/aromatic N) is 3. The number of aryl methyl sites for hydroxylation is 1. The molecule has 0 bridgehead atoms. The minimum Gasteiger partial charge on any atom is -0.349 e. The van der Waals surface area contributed by atoms with E-state index in [1.807, 2.05) is 0 Å². The monoisotopic (exact) mass is 336 g/mol. The van der Waals surface area contributed by atoms with Crippen LogP contribution in [-0.2, 0) is 16.1 Å². The molecule has 0 aromatic carbocycles. The van der Waals surface area contributed by atoms with Crippen LogP contribution in [0, 0.1) is 12.8 Å².